The third-order valence-corrected chi connectivity index (χ3v) is 4.36. The summed E-state index contributed by atoms with van der Waals surface area (Å²) < 4.78 is 0. The van der Waals surface area contributed by atoms with E-state index in [1.54, 1.807) is 0 Å². The van der Waals surface area contributed by atoms with Crippen molar-refractivity contribution in [2.24, 2.45) is 0 Å². The van der Waals surface area contributed by atoms with Gasteiger partial charge in [-0.1, -0.05) is 85.0 Å². The number of hydrogen-bond donors (Lipinski definition) is 1. The Morgan fingerprint density at radius 2 is 1.29 bits per heavy atom. The summed E-state index contributed by atoms with van der Waals surface area (Å²) in [4.78, 5) is 2.30. The molecule has 1 N–H and O–H groups in total. The van der Waals surface area contributed by atoms with Gasteiger partial charge in [0, 0.05) is 18.7 Å². The van der Waals surface area contributed by atoms with Crippen LogP contribution in [0.3, 0.4) is 0 Å². The number of rotatable bonds is 6. The molecule has 122 valence electrons. The number of hydrogen-bond acceptors (Lipinski definition) is 2. The van der Waals surface area contributed by atoms with Gasteiger partial charge in [0.25, 0.3) is 0 Å². The first-order chi connectivity index (χ1) is 11.7. The van der Waals surface area contributed by atoms with E-state index in [2.05, 4.69) is 60.4 Å². The predicted molar refractivity (Wildman–Crippen MR) is 99.5 cm³/mol. The molecular formula is C22H23NO. The fourth-order valence-electron chi connectivity index (χ4n) is 2.92. The van der Waals surface area contributed by atoms with Crippen molar-refractivity contribution in [3.8, 4) is 0 Å². The molecule has 0 radical (unpaired) electrons. The van der Waals surface area contributed by atoms with E-state index in [9.17, 15) is 5.11 Å². The monoisotopic (exact) mass is 317 g/mol. The Hall–Kier alpha value is -2.58. The molecule has 2 aromatic carbocycles. The van der Waals surface area contributed by atoms with E-state index < -0.39 is 0 Å². The van der Waals surface area contributed by atoms with Crippen molar-refractivity contribution in [3.05, 3.63) is 107 Å². The fraction of sp³-hybridized carbons (Fsp3) is 0.182. The van der Waals surface area contributed by atoms with E-state index >= 15 is 0 Å². The normalized spacial score (nSPS) is 14.3. The average molecular weight is 317 g/mol. The first-order valence-corrected chi connectivity index (χ1v) is 8.34. The van der Waals surface area contributed by atoms with E-state index in [0.717, 1.165) is 18.7 Å². The zero-order valence-electron chi connectivity index (χ0n) is 14.0. The highest BCUT2D eigenvalue weighted by atomic mass is 16.3. The quantitative estimate of drug-likeness (QED) is 0.757. The van der Waals surface area contributed by atoms with Gasteiger partial charge in [-0.3, -0.25) is 4.90 Å². The Balaban J connectivity index is 1.84. The van der Waals surface area contributed by atoms with Crippen molar-refractivity contribution in [3.63, 3.8) is 0 Å². The third-order valence-electron chi connectivity index (χ3n) is 4.36. The molecule has 0 aromatic heterocycles. The first-order valence-electron chi connectivity index (χ1n) is 8.34. The molecule has 2 nitrogen and oxygen atoms in total. The molecule has 0 amide bonds. The largest absolute Gasteiger partial charge is 0.510 e. The molecule has 0 spiro atoms. The average Bonchev–Trinajstić information content (AvgIpc) is 3.16. The van der Waals surface area contributed by atoms with E-state index in [4.69, 9.17) is 0 Å². The molecule has 3 rings (SSSR count). The summed E-state index contributed by atoms with van der Waals surface area (Å²) in [6.07, 6.45) is 7.82. The summed E-state index contributed by atoms with van der Waals surface area (Å²) in [7, 11) is 0. The lowest BCUT2D eigenvalue weighted by atomic mass is 10.1. The Morgan fingerprint density at radius 3 is 1.75 bits per heavy atom. The Bertz CT molecular complexity index is 689. The van der Waals surface area contributed by atoms with Crippen molar-refractivity contribution in [2.75, 3.05) is 0 Å². The van der Waals surface area contributed by atoms with Crippen LogP contribution in [0.25, 0.3) is 0 Å². The summed E-state index contributed by atoms with van der Waals surface area (Å²) >= 11 is 0. The van der Waals surface area contributed by atoms with Crippen molar-refractivity contribution in [1.29, 1.82) is 0 Å². The molecule has 1 aliphatic carbocycles. The van der Waals surface area contributed by atoms with Crippen molar-refractivity contribution >= 4 is 0 Å². The van der Waals surface area contributed by atoms with Crippen LogP contribution in [-0.2, 0) is 13.1 Å². The smallest absolute Gasteiger partial charge is 0.116 e. The number of allylic oxidation sites excluding steroid dienone is 5. The summed E-state index contributed by atoms with van der Waals surface area (Å²) in [6.45, 7) is 3.65. The van der Waals surface area contributed by atoms with Crippen molar-refractivity contribution < 1.29 is 5.11 Å². The minimum atomic E-state index is -0.0622. The highest BCUT2D eigenvalue weighted by molar-refractivity contribution is 5.42. The van der Waals surface area contributed by atoms with Crippen LogP contribution < -0.4 is 0 Å². The molecule has 1 aliphatic rings. The lowest BCUT2D eigenvalue weighted by molar-refractivity contribution is 0.170. The second-order valence-electron chi connectivity index (χ2n) is 6.11. The molecule has 0 heterocycles. The van der Waals surface area contributed by atoms with Crippen LogP contribution in [0.2, 0.25) is 0 Å². The van der Waals surface area contributed by atoms with Gasteiger partial charge < -0.3 is 5.11 Å². The molecule has 0 unspecified atom stereocenters. The van der Waals surface area contributed by atoms with Crippen molar-refractivity contribution in [1.82, 2.24) is 4.90 Å². The molecule has 24 heavy (non-hydrogen) atoms. The molecule has 0 saturated heterocycles. The maximum atomic E-state index is 10.7. The highest BCUT2D eigenvalue weighted by Crippen LogP contribution is 2.21. The van der Waals surface area contributed by atoms with E-state index in [1.165, 1.54) is 11.1 Å². The van der Waals surface area contributed by atoms with Gasteiger partial charge in [0.1, 0.15) is 5.76 Å². The first kappa shape index (κ1) is 16.3. The number of aliphatic hydroxyl groups excluding tert-OH is 1. The van der Waals surface area contributed by atoms with Crippen LogP contribution in [0.15, 0.2) is 96.3 Å². The second-order valence-corrected chi connectivity index (χ2v) is 6.11. The van der Waals surface area contributed by atoms with Gasteiger partial charge in [0.05, 0.1) is 6.04 Å². The zero-order valence-corrected chi connectivity index (χ0v) is 14.0. The fourth-order valence-corrected chi connectivity index (χ4v) is 2.92. The standard InChI is InChI=1S/C22H23NO/c1-18(22(24)21-14-8-9-15-21)23(16-19-10-4-2-5-11-19)17-20-12-6-3-7-13-20/h2-15,18,24H,16-17H2,1H3/t18-/m0/s1. The molecule has 2 heteroatoms. The van der Waals surface area contributed by atoms with Crippen LogP contribution in [0, 0.1) is 0 Å². The maximum absolute atomic E-state index is 10.7. The SMILES string of the molecule is C[C@@H](C(O)=C1C=CC=C1)N(Cc1ccccc1)Cc1ccccc1. The minimum absolute atomic E-state index is 0.0622. The van der Waals surface area contributed by atoms with Gasteiger partial charge in [0.2, 0.25) is 0 Å². The van der Waals surface area contributed by atoms with Gasteiger partial charge in [-0.05, 0) is 18.1 Å². The molecule has 0 aliphatic heterocycles. The molecule has 0 fully saturated rings. The summed E-state index contributed by atoms with van der Waals surface area (Å²) in [5.41, 5.74) is 3.39. The summed E-state index contributed by atoms with van der Waals surface area (Å²) in [6, 6.07) is 20.7. The van der Waals surface area contributed by atoms with Crippen LogP contribution in [0.5, 0.6) is 0 Å². The van der Waals surface area contributed by atoms with E-state index in [1.807, 2.05) is 36.4 Å². The van der Waals surface area contributed by atoms with Crippen LogP contribution >= 0.6 is 0 Å². The Morgan fingerprint density at radius 1 is 0.833 bits per heavy atom. The van der Waals surface area contributed by atoms with Gasteiger partial charge in [-0.15, -0.1) is 0 Å². The lowest BCUT2D eigenvalue weighted by Gasteiger charge is -2.29. The Kier molecular flexibility index (Phi) is 5.29. The highest BCUT2D eigenvalue weighted by Gasteiger charge is 2.20. The number of aliphatic hydroxyl groups is 1. The molecule has 0 saturated carbocycles. The summed E-state index contributed by atoms with van der Waals surface area (Å²) in [5.74, 6) is 0.423. The second kappa shape index (κ2) is 7.80. The van der Waals surface area contributed by atoms with Crippen LogP contribution in [-0.4, -0.2) is 16.0 Å². The summed E-state index contributed by atoms with van der Waals surface area (Å²) in [5, 5.41) is 10.7. The third kappa shape index (κ3) is 4.03. The van der Waals surface area contributed by atoms with Crippen LogP contribution in [0.1, 0.15) is 18.1 Å². The van der Waals surface area contributed by atoms with Crippen molar-refractivity contribution in [2.45, 2.75) is 26.1 Å². The lowest BCUT2D eigenvalue weighted by Crippen LogP contribution is -2.34. The predicted octanol–water partition coefficient (Wildman–Crippen LogP) is 5.02. The molecule has 1 atom stereocenters. The molecular weight excluding hydrogens is 294 g/mol. The van der Waals surface area contributed by atoms with Gasteiger partial charge >= 0.3 is 0 Å². The van der Waals surface area contributed by atoms with E-state index in [0.29, 0.717) is 5.76 Å². The topological polar surface area (TPSA) is 23.5 Å². The van der Waals surface area contributed by atoms with Gasteiger partial charge in [-0.25, -0.2) is 0 Å². The zero-order chi connectivity index (χ0) is 16.8. The Labute approximate surface area is 144 Å². The van der Waals surface area contributed by atoms with Crippen LogP contribution in [0.4, 0.5) is 0 Å². The number of benzene rings is 2. The molecule has 2 aromatic rings. The van der Waals surface area contributed by atoms with Gasteiger partial charge in [0.15, 0.2) is 0 Å². The minimum Gasteiger partial charge on any atom is -0.510 e. The number of nitrogens with zero attached hydrogens (tertiary/aromatic N) is 1. The van der Waals surface area contributed by atoms with E-state index in [-0.39, 0.29) is 6.04 Å². The molecule has 0 bridgehead atoms. The maximum Gasteiger partial charge on any atom is 0.116 e. The van der Waals surface area contributed by atoms with Gasteiger partial charge in [-0.2, -0.15) is 0 Å².